The summed E-state index contributed by atoms with van der Waals surface area (Å²) in [4.78, 5) is 2.44. The summed E-state index contributed by atoms with van der Waals surface area (Å²) in [5.74, 6) is 0.875. The molecule has 5 heteroatoms. The van der Waals surface area contributed by atoms with Crippen molar-refractivity contribution in [1.29, 1.82) is 5.26 Å². The van der Waals surface area contributed by atoms with Crippen molar-refractivity contribution in [3.63, 3.8) is 0 Å². The molecule has 0 aromatic heterocycles. The second-order valence-electron chi connectivity index (χ2n) is 7.61. The van der Waals surface area contributed by atoms with E-state index in [0.717, 1.165) is 54.8 Å². The zero-order valence-electron chi connectivity index (χ0n) is 15.5. The van der Waals surface area contributed by atoms with Crippen LogP contribution in [0.5, 0.6) is 5.75 Å². The number of rotatable bonds is 3. The van der Waals surface area contributed by atoms with Gasteiger partial charge in [-0.2, -0.15) is 5.26 Å². The first-order chi connectivity index (χ1) is 13.1. The number of nitriles is 1. The van der Waals surface area contributed by atoms with Crippen LogP contribution in [0.1, 0.15) is 41.2 Å². The molecule has 1 aliphatic heterocycles. The van der Waals surface area contributed by atoms with E-state index in [1.807, 2.05) is 24.3 Å². The summed E-state index contributed by atoms with van der Waals surface area (Å²) in [7, 11) is 0. The summed E-state index contributed by atoms with van der Waals surface area (Å²) in [6, 6.07) is 14.4. The lowest BCUT2D eigenvalue weighted by molar-refractivity contribution is 0.0589. The molecule has 4 nitrogen and oxygen atoms in total. The molecule has 27 heavy (non-hydrogen) atoms. The zero-order chi connectivity index (χ0) is 19.0. The Bertz CT molecular complexity index is 892. The third-order valence-corrected chi connectivity index (χ3v) is 5.96. The molecule has 0 radical (unpaired) electrons. The van der Waals surface area contributed by atoms with Crippen molar-refractivity contribution in [3.05, 3.63) is 63.7 Å². The monoisotopic (exact) mass is 381 g/mol. The molecular weight excluding hydrogens is 358 g/mol. The Kier molecular flexibility index (Phi) is 5.10. The van der Waals surface area contributed by atoms with Gasteiger partial charge in [-0.15, -0.1) is 0 Å². The van der Waals surface area contributed by atoms with Crippen LogP contribution in [0.15, 0.2) is 36.4 Å². The number of benzene rings is 2. The Labute approximate surface area is 165 Å². The maximum atomic E-state index is 9.60. The average molecular weight is 382 g/mol. The number of hydrogen-bond donors (Lipinski definition) is 1. The summed E-state index contributed by atoms with van der Waals surface area (Å²) in [5.41, 5.74) is 10.1. The minimum atomic E-state index is -0.155. The standard InChI is InChI=1S/C22H24ClN3O/c1-14-5-2-3-7-21(14)27-22-19-10-16(23)9-15(12-24)18(19)11-20(22)26-8-4-6-17(25)13-26/h2-3,5,7,9-10,17,20,22H,4,6,8,11,13,25H2,1H3/t17-,20+,22+/m1/s1. The van der Waals surface area contributed by atoms with Crippen molar-refractivity contribution in [2.45, 2.75) is 44.4 Å². The summed E-state index contributed by atoms with van der Waals surface area (Å²) in [6.07, 6.45) is 2.79. The number of aryl methyl sites for hydroxylation is 1. The first-order valence-electron chi connectivity index (χ1n) is 9.51. The van der Waals surface area contributed by atoms with Crippen LogP contribution < -0.4 is 10.5 Å². The average Bonchev–Trinajstić information content (AvgIpc) is 3.01. The second-order valence-corrected chi connectivity index (χ2v) is 8.04. The van der Waals surface area contributed by atoms with E-state index in [1.54, 1.807) is 6.07 Å². The molecule has 0 spiro atoms. The van der Waals surface area contributed by atoms with E-state index in [1.165, 1.54) is 0 Å². The van der Waals surface area contributed by atoms with Crippen LogP contribution in [0.2, 0.25) is 5.02 Å². The van der Waals surface area contributed by atoms with Crippen molar-refractivity contribution in [3.8, 4) is 11.8 Å². The number of hydrogen-bond acceptors (Lipinski definition) is 4. The first-order valence-corrected chi connectivity index (χ1v) is 9.89. The van der Waals surface area contributed by atoms with E-state index in [-0.39, 0.29) is 18.2 Å². The molecule has 1 heterocycles. The lowest BCUT2D eigenvalue weighted by Gasteiger charge is -2.38. The number of halogens is 1. The van der Waals surface area contributed by atoms with Crippen LogP contribution in [0, 0.1) is 18.3 Å². The molecule has 0 amide bonds. The molecule has 3 atom stereocenters. The number of ether oxygens (including phenoxy) is 1. The summed E-state index contributed by atoms with van der Waals surface area (Å²) < 4.78 is 6.54. The molecule has 0 bridgehead atoms. The van der Waals surface area contributed by atoms with Gasteiger partial charge in [-0.3, -0.25) is 4.90 Å². The van der Waals surface area contributed by atoms with Gasteiger partial charge in [0.2, 0.25) is 0 Å². The van der Waals surface area contributed by atoms with Gasteiger partial charge < -0.3 is 10.5 Å². The highest BCUT2D eigenvalue weighted by Crippen LogP contribution is 2.42. The van der Waals surface area contributed by atoms with Gasteiger partial charge in [0.05, 0.1) is 17.7 Å². The predicted molar refractivity (Wildman–Crippen MR) is 107 cm³/mol. The molecular formula is C22H24ClN3O. The number of nitrogens with two attached hydrogens (primary N) is 1. The van der Waals surface area contributed by atoms with Gasteiger partial charge >= 0.3 is 0 Å². The lowest BCUT2D eigenvalue weighted by Crippen LogP contribution is -2.49. The minimum absolute atomic E-state index is 0.155. The van der Waals surface area contributed by atoms with Crippen LogP contribution in [0.3, 0.4) is 0 Å². The fourth-order valence-electron chi connectivity index (χ4n) is 4.39. The second kappa shape index (κ2) is 7.52. The molecule has 4 rings (SSSR count). The van der Waals surface area contributed by atoms with Gasteiger partial charge in [0.1, 0.15) is 11.9 Å². The van der Waals surface area contributed by atoms with Crippen molar-refractivity contribution >= 4 is 11.6 Å². The molecule has 140 valence electrons. The molecule has 2 N–H and O–H groups in total. The van der Waals surface area contributed by atoms with E-state index in [4.69, 9.17) is 22.1 Å². The maximum Gasteiger partial charge on any atom is 0.140 e. The Hall–Kier alpha value is -2.06. The number of fused-ring (bicyclic) bond motifs is 1. The Morgan fingerprint density at radius 1 is 1.30 bits per heavy atom. The number of likely N-dealkylation sites (tertiary alicyclic amines) is 1. The van der Waals surface area contributed by atoms with Crippen molar-refractivity contribution in [2.75, 3.05) is 13.1 Å². The van der Waals surface area contributed by atoms with Gasteiger partial charge in [-0.05, 0) is 67.6 Å². The Balaban J connectivity index is 1.74. The maximum absolute atomic E-state index is 9.60. The van der Waals surface area contributed by atoms with E-state index in [9.17, 15) is 5.26 Å². The highest BCUT2D eigenvalue weighted by Gasteiger charge is 2.41. The van der Waals surface area contributed by atoms with E-state index in [0.29, 0.717) is 10.6 Å². The predicted octanol–water partition coefficient (Wildman–Crippen LogP) is 3.99. The van der Waals surface area contributed by atoms with E-state index in [2.05, 4.69) is 24.0 Å². The Morgan fingerprint density at radius 2 is 2.11 bits per heavy atom. The number of nitrogens with zero attached hydrogens (tertiary/aromatic N) is 2. The van der Waals surface area contributed by atoms with Crippen LogP contribution in [0.25, 0.3) is 0 Å². The summed E-state index contributed by atoms with van der Waals surface area (Å²) >= 11 is 6.32. The van der Waals surface area contributed by atoms with Crippen LogP contribution in [-0.2, 0) is 6.42 Å². The lowest BCUT2D eigenvalue weighted by atomic mass is 10.0. The van der Waals surface area contributed by atoms with Gasteiger partial charge in [-0.25, -0.2) is 0 Å². The van der Waals surface area contributed by atoms with E-state index < -0.39 is 0 Å². The molecule has 2 aromatic rings. The number of para-hydroxylation sites is 1. The molecule has 2 aromatic carbocycles. The fourth-order valence-corrected chi connectivity index (χ4v) is 4.62. The third kappa shape index (κ3) is 3.55. The van der Waals surface area contributed by atoms with Crippen LogP contribution in [0.4, 0.5) is 0 Å². The Morgan fingerprint density at radius 3 is 2.85 bits per heavy atom. The molecule has 0 unspecified atom stereocenters. The summed E-state index contributed by atoms with van der Waals surface area (Å²) in [6.45, 7) is 3.92. The summed E-state index contributed by atoms with van der Waals surface area (Å²) in [5, 5.41) is 10.2. The highest BCUT2D eigenvalue weighted by molar-refractivity contribution is 6.30. The molecule has 1 fully saturated rings. The van der Waals surface area contributed by atoms with Gasteiger partial charge in [0, 0.05) is 17.6 Å². The third-order valence-electron chi connectivity index (χ3n) is 5.74. The topological polar surface area (TPSA) is 62.3 Å². The molecule has 1 saturated heterocycles. The molecule has 0 saturated carbocycles. The van der Waals surface area contributed by atoms with Gasteiger partial charge in [0.25, 0.3) is 0 Å². The van der Waals surface area contributed by atoms with Gasteiger partial charge in [-0.1, -0.05) is 29.8 Å². The zero-order valence-corrected chi connectivity index (χ0v) is 16.2. The van der Waals surface area contributed by atoms with Crippen LogP contribution >= 0.6 is 11.6 Å². The molecule has 2 aliphatic rings. The van der Waals surface area contributed by atoms with Gasteiger partial charge in [0.15, 0.2) is 0 Å². The largest absolute Gasteiger partial charge is 0.484 e. The normalized spacial score (nSPS) is 25.0. The van der Waals surface area contributed by atoms with Crippen molar-refractivity contribution in [2.24, 2.45) is 5.73 Å². The van der Waals surface area contributed by atoms with Crippen LogP contribution in [-0.4, -0.2) is 30.1 Å². The van der Waals surface area contributed by atoms with E-state index >= 15 is 0 Å². The number of piperidine rings is 1. The SMILES string of the molecule is Cc1ccccc1O[C@H]1c2cc(Cl)cc(C#N)c2C[C@@H]1N1CCC[C@@H](N)C1. The molecule has 1 aliphatic carbocycles. The van der Waals surface area contributed by atoms with Crippen molar-refractivity contribution < 1.29 is 4.74 Å². The smallest absolute Gasteiger partial charge is 0.140 e. The minimum Gasteiger partial charge on any atom is -0.484 e. The highest BCUT2D eigenvalue weighted by atomic mass is 35.5. The van der Waals surface area contributed by atoms with Crippen molar-refractivity contribution in [1.82, 2.24) is 4.90 Å². The first kappa shape index (κ1) is 18.3. The quantitative estimate of drug-likeness (QED) is 0.873. The fraction of sp³-hybridized carbons (Fsp3) is 0.409.